The van der Waals surface area contributed by atoms with Gasteiger partial charge in [0.2, 0.25) is 5.88 Å². The van der Waals surface area contributed by atoms with Gasteiger partial charge in [0.15, 0.2) is 5.69 Å². The summed E-state index contributed by atoms with van der Waals surface area (Å²) in [6, 6.07) is 0.284. The van der Waals surface area contributed by atoms with E-state index in [2.05, 4.69) is 5.10 Å². The highest BCUT2D eigenvalue weighted by Crippen LogP contribution is 2.34. The van der Waals surface area contributed by atoms with Gasteiger partial charge in [0, 0.05) is 5.56 Å². The molecule has 0 bridgehead atoms. The minimum atomic E-state index is -0.972. The maximum atomic E-state index is 11.2. The van der Waals surface area contributed by atoms with Crippen molar-refractivity contribution < 1.29 is 14.6 Å². The van der Waals surface area contributed by atoms with E-state index < -0.39 is 5.97 Å². The monoisotopic (exact) mass is 252 g/mol. The highest BCUT2D eigenvalue weighted by Gasteiger charge is 2.27. The Morgan fingerprint density at radius 3 is 2.61 bits per heavy atom. The third-order valence-corrected chi connectivity index (χ3v) is 3.63. The highest BCUT2D eigenvalue weighted by molar-refractivity contribution is 5.87. The summed E-state index contributed by atoms with van der Waals surface area (Å²) in [5.74, 6) is -0.346. The summed E-state index contributed by atoms with van der Waals surface area (Å²) in [5, 5.41) is 13.5. The molecule has 1 N–H and O–H groups in total. The Morgan fingerprint density at radius 2 is 2.11 bits per heavy atom. The average molecular weight is 252 g/mol. The largest absolute Gasteiger partial charge is 0.481 e. The summed E-state index contributed by atoms with van der Waals surface area (Å²) in [7, 11) is 1.58. The van der Waals surface area contributed by atoms with Crippen molar-refractivity contribution in [2.45, 2.75) is 51.5 Å². The summed E-state index contributed by atoms with van der Waals surface area (Å²) < 4.78 is 7.18. The normalized spacial score (nSPS) is 16.8. The Morgan fingerprint density at radius 1 is 1.44 bits per heavy atom. The standard InChI is InChI=1S/C13H20N2O3/c1-3-10-11(13(16)17)14-15(12(10)18-2)9-7-5-4-6-8-9/h9H,3-8H2,1-2H3,(H,16,17). The van der Waals surface area contributed by atoms with Crippen molar-refractivity contribution in [1.29, 1.82) is 0 Å². The van der Waals surface area contributed by atoms with Crippen LogP contribution in [0.3, 0.4) is 0 Å². The first-order valence-electron chi connectivity index (χ1n) is 6.57. The van der Waals surface area contributed by atoms with Gasteiger partial charge < -0.3 is 9.84 Å². The molecule has 1 fully saturated rings. The molecule has 0 saturated heterocycles. The number of carboxylic acid groups (broad SMARTS) is 1. The van der Waals surface area contributed by atoms with Crippen molar-refractivity contribution in [3.8, 4) is 5.88 Å². The predicted octanol–water partition coefficient (Wildman–Crippen LogP) is 2.66. The fraction of sp³-hybridized carbons (Fsp3) is 0.692. The maximum absolute atomic E-state index is 11.2. The maximum Gasteiger partial charge on any atom is 0.356 e. The Hall–Kier alpha value is -1.52. The van der Waals surface area contributed by atoms with E-state index >= 15 is 0 Å². The number of hydrogen-bond acceptors (Lipinski definition) is 3. The zero-order valence-corrected chi connectivity index (χ0v) is 11.0. The van der Waals surface area contributed by atoms with Gasteiger partial charge in [-0.3, -0.25) is 0 Å². The molecule has 1 aromatic heterocycles. The molecule has 5 nitrogen and oxygen atoms in total. The molecule has 100 valence electrons. The molecular formula is C13H20N2O3. The lowest BCUT2D eigenvalue weighted by atomic mass is 9.96. The van der Waals surface area contributed by atoms with E-state index in [0.29, 0.717) is 17.9 Å². The summed E-state index contributed by atoms with van der Waals surface area (Å²) in [5.41, 5.74) is 0.843. The highest BCUT2D eigenvalue weighted by atomic mass is 16.5. The molecule has 0 aliphatic heterocycles. The lowest BCUT2D eigenvalue weighted by molar-refractivity contribution is 0.0687. The van der Waals surface area contributed by atoms with Crippen LogP contribution in [0.25, 0.3) is 0 Å². The van der Waals surface area contributed by atoms with E-state index in [-0.39, 0.29) is 11.7 Å². The minimum absolute atomic E-state index is 0.139. The second-order valence-corrected chi connectivity index (χ2v) is 4.73. The second-order valence-electron chi connectivity index (χ2n) is 4.73. The topological polar surface area (TPSA) is 64.3 Å². The van der Waals surface area contributed by atoms with Crippen molar-refractivity contribution in [3.05, 3.63) is 11.3 Å². The van der Waals surface area contributed by atoms with E-state index in [0.717, 1.165) is 12.8 Å². The molecule has 1 saturated carbocycles. The average Bonchev–Trinajstić information content (AvgIpc) is 2.78. The lowest BCUT2D eigenvalue weighted by Gasteiger charge is -2.23. The minimum Gasteiger partial charge on any atom is -0.481 e. The number of carboxylic acids is 1. The molecule has 1 aromatic rings. The van der Waals surface area contributed by atoms with Crippen LogP contribution in [0.4, 0.5) is 0 Å². The molecule has 2 rings (SSSR count). The molecule has 1 aliphatic rings. The van der Waals surface area contributed by atoms with Crippen LogP contribution >= 0.6 is 0 Å². The van der Waals surface area contributed by atoms with Crippen molar-refractivity contribution in [3.63, 3.8) is 0 Å². The van der Waals surface area contributed by atoms with Crippen LogP contribution < -0.4 is 4.74 Å². The van der Waals surface area contributed by atoms with Gasteiger partial charge in [-0.1, -0.05) is 26.2 Å². The van der Waals surface area contributed by atoms with Crippen LogP contribution in [0.15, 0.2) is 0 Å². The van der Waals surface area contributed by atoms with Crippen molar-refractivity contribution >= 4 is 5.97 Å². The molecule has 0 atom stereocenters. The first kappa shape index (κ1) is 12.9. The van der Waals surface area contributed by atoms with Gasteiger partial charge in [0.05, 0.1) is 13.2 Å². The fourth-order valence-electron chi connectivity index (χ4n) is 2.73. The predicted molar refractivity (Wildman–Crippen MR) is 67.2 cm³/mol. The van der Waals surface area contributed by atoms with E-state index in [1.807, 2.05) is 6.92 Å². The fourth-order valence-corrected chi connectivity index (χ4v) is 2.73. The van der Waals surface area contributed by atoms with Crippen LogP contribution in [0.5, 0.6) is 5.88 Å². The number of aromatic nitrogens is 2. The number of nitrogens with zero attached hydrogens (tertiary/aromatic N) is 2. The van der Waals surface area contributed by atoms with Gasteiger partial charge >= 0.3 is 5.97 Å². The van der Waals surface area contributed by atoms with Crippen LogP contribution in [0.1, 0.15) is 61.1 Å². The van der Waals surface area contributed by atoms with Gasteiger partial charge in [-0.05, 0) is 19.3 Å². The van der Waals surface area contributed by atoms with Gasteiger partial charge in [0.1, 0.15) is 0 Å². The van der Waals surface area contributed by atoms with Gasteiger partial charge in [-0.2, -0.15) is 5.10 Å². The number of rotatable bonds is 4. The third-order valence-electron chi connectivity index (χ3n) is 3.63. The van der Waals surface area contributed by atoms with Crippen molar-refractivity contribution in [2.24, 2.45) is 0 Å². The molecule has 0 amide bonds. The number of aromatic carboxylic acids is 1. The molecule has 0 spiro atoms. The molecule has 0 unspecified atom stereocenters. The van der Waals surface area contributed by atoms with E-state index in [9.17, 15) is 9.90 Å². The second kappa shape index (κ2) is 5.42. The van der Waals surface area contributed by atoms with Crippen molar-refractivity contribution in [2.75, 3.05) is 7.11 Å². The summed E-state index contributed by atoms with van der Waals surface area (Å²) in [6.07, 6.45) is 6.35. The van der Waals surface area contributed by atoms with Crippen LogP contribution in [-0.2, 0) is 6.42 Å². The first-order valence-corrected chi connectivity index (χ1v) is 6.57. The summed E-state index contributed by atoms with van der Waals surface area (Å²) in [4.78, 5) is 11.2. The molecule has 18 heavy (non-hydrogen) atoms. The lowest BCUT2D eigenvalue weighted by Crippen LogP contribution is -2.15. The third kappa shape index (κ3) is 2.21. The van der Waals surface area contributed by atoms with Crippen LogP contribution in [-0.4, -0.2) is 28.0 Å². The van der Waals surface area contributed by atoms with Crippen LogP contribution in [0, 0.1) is 0 Å². The Bertz CT molecular complexity index is 434. The van der Waals surface area contributed by atoms with E-state index in [4.69, 9.17) is 4.74 Å². The van der Waals surface area contributed by atoms with Gasteiger partial charge in [-0.15, -0.1) is 0 Å². The number of ether oxygens (including phenoxy) is 1. The molecule has 1 aliphatic carbocycles. The zero-order chi connectivity index (χ0) is 13.1. The Kier molecular flexibility index (Phi) is 3.89. The SMILES string of the molecule is CCc1c(C(=O)O)nn(C2CCCCC2)c1OC. The Balaban J connectivity index is 2.42. The number of carbonyl (C=O) groups is 1. The summed E-state index contributed by atoms with van der Waals surface area (Å²) in [6.45, 7) is 1.93. The zero-order valence-electron chi connectivity index (χ0n) is 11.0. The molecular weight excluding hydrogens is 232 g/mol. The molecule has 0 radical (unpaired) electrons. The molecule has 5 heteroatoms. The summed E-state index contributed by atoms with van der Waals surface area (Å²) >= 11 is 0. The number of methoxy groups -OCH3 is 1. The first-order chi connectivity index (χ1) is 8.69. The number of hydrogen-bond donors (Lipinski definition) is 1. The van der Waals surface area contributed by atoms with Gasteiger partial charge in [0.25, 0.3) is 0 Å². The Labute approximate surface area is 107 Å². The van der Waals surface area contributed by atoms with E-state index in [1.54, 1.807) is 11.8 Å². The van der Waals surface area contributed by atoms with Crippen molar-refractivity contribution in [1.82, 2.24) is 9.78 Å². The van der Waals surface area contributed by atoms with Gasteiger partial charge in [-0.25, -0.2) is 9.48 Å². The van der Waals surface area contributed by atoms with E-state index in [1.165, 1.54) is 19.3 Å². The molecule has 1 heterocycles. The quantitative estimate of drug-likeness (QED) is 0.894. The molecule has 0 aromatic carbocycles. The smallest absolute Gasteiger partial charge is 0.356 e. The van der Waals surface area contributed by atoms with Crippen LogP contribution in [0.2, 0.25) is 0 Å².